The fourth-order valence-corrected chi connectivity index (χ4v) is 3.37. The zero-order valence-corrected chi connectivity index (χ0v) is 11.8. The molecular formula is C14H29N3. The second-order valence-corrected chi connectivity index (χ2v) is 5.84. The number of nitrogens with one attached hydrogen (secondary N) is 1. The van der Waals surface area contributed by atoms with Crippen LogP contribution in [0.3, 0.4) is 0 Å². The van der Waals surface area contributed by atoms with Gasteiger partial charge in [-0.1, -0.05) is 13.3 Å². The third-order valence-corrected chi connectivity index (χ3v) is 4.67. The zero-order valence-electron chi connectivity index (χ0n) is 11.8. The average Bonchev–Trinajstić information content (AvgIpc) is 2.36. The monoisotopic (exact) mass is 239 g/mol. The Kier molecular flexibility index (Phi) is 4.83. The molecule has 2 heterocycles. The van der Waals surface area contributed by atoms with Gasteiger partial charge in [-0.25, -0.2) is 0 Å². The smallest absolute Gasteiger partial charge is 0.0223 e. The highest BCUT2D eigenvalue weighted by molar-refractivity contribution is 4.90. The van der Waals surface area contributed by atoms with Crippen molar-refractivity contribution in [3.05, 3.63) is 0 Å². The van der Waals surface area contributed by atoms with Crippen molar-refractivity contribution in [1.82, 2.24) is 15.1 Å². The summed E-state index contributed by atoms with van der Waals surface area (Å²) < 4.78 is 0. The van der Waals surface area contributed by atoms with Gasteiger partial charge in [0.1, 0.15) is 0 Å². The van der Waals surface area contributed by atoms with Gasteiger partial charge in [0.15, 0.2) is 0 Å². The van der Waals surface area contributed by atoms with Crippen molar-refractivity contribution in [2.24, 2.45) is 0 Å². The van der Waals surface area contributed by atoms with Gasteiger partial charge in [-0.15, -0.1) is 0 Å². The molecule has 0 aromatic rings. The van der Waals surface area contributed by atoms with Gasteiger partial charge in [-0.3, -0.25) is 9.80 Å². The van der Waals surface area contributed by atoms with Crippen LogP contribution in [0.15, 0.2) is 0 Å². The first kappa shape index (κ1) is 13.3. The predicted molar refractivity (Wildman–Crippen MR) is 73.4 cm³/mol. The van der Waals surface area contributed by atoms with Crippen LogP contribution in [0.25, 0.3) is 0 Å². The lowest BCUT2D eigenvalue weighted by atomic mass is 9.96. The van der Waals surface area contributed by atoms with Crippen LogP contribution in [0, 0.1) is 0 Å². The standard InChI is InChI=1S/C14H29N3/c1-4-13(15-3)10-17-11-14-7-5-6-8-16(14)9-12(17)2/h12-15H,4-11H2,1-3H3. The molecule has 0 aliphatic carbocycles. The van der Waals surface area contributed by atoms with Crippen molar-refractivity contribution >= 4 is 0 Å². The molecule has 2 saturated heterocycles. The molecule has 2 rings (SSSR count). The van der Waals surface area contributed by atoms with Crippen LogP contribution in [0.2, 0.25) is 0 Å². The Morgan fingerprint density at radius 2 is 2.12 bits per heavy atom. The molecule has 3 unspecified atom stereocenters. The molecule has 17 heavy (non-hydrogen) atoms. The van der Waals surface area contributed by atoms with E-state index in [4.69, 9.17) is 0 Å². The number of piperazine rings is 1. The van der Waals surface area contributed by atoms with E-state index in [0.29, 0.717) is 6.04 Å². The lowest BCUT2D eigenvalue weighted by Gasteiger charge is -2.48. The van der Waals surface area contributed by atoms with Crippen LogP contribution in [0.1, 0.15) is 39.5 Å². The summed E-state index contributed by atoms with van der Waals surface area (Å²) in [6.45, 7) is 9.81. The minimum absolute atomic E-state index is 0.660. The van der Waals surface area contributed by atoms with Crippen molar-refractivity contribution in [3.63, 3.8) is 0 Å². The molecule has 0 amide bonds. The van der Waals surface area contributed by atoms with E-state index in [1.807, 2.05) is 0 Å². The quantitative estimate of drug-likeness (QED) is 0.803. The van der Waals surface area contributed by atoms with Gasteiger partial charge in [0.25, 0.3) is 0 Å². The highest BCUT2D eigenvalue weighted by Crippen LogP contribution is 2.24. The number of hydrogen-bond donors (Lipinski definition) is 1. The van der Waals surface area contributed by atoms with Crippen LogP contribution in [0.4, 0.5) is 0 Å². The minimum atomic E-state index is 0.660. The normalized spacial score (nSPS) is 33.4. The maximum absolute atomic E-state index is 3.44. The highest BCUT2D eigenvalue weighted by Gasteiger charge is 2.33. The molecule has 2 aliphatic rings. The van der Waals surface area contributed by atoms with Crippen LogP contribution in [0.5, 0.6) is 0 Å². The number of fused-ring (bicyclic) bond motifs is 1. The summed E-state index contributed by atoms with van der Waals surface area (Å²) in [5.74, 6) is 0. The van der Waals surface area contributed by atoms with E-state index >= 15 is 0 Å². The largest absolute Gasteiger partial charge is 0.316 e. The Bertz CT molecular complexity index is 228. The van der Waals surface area contributed by atoms with Gasteiger partial charge in [-0.2, -0.15) is 0 Å². The van der Waals surface area contributed by atoms with Crippen LogP contribution in [-0.4, -0.2) is 61.2 Å². The van der Waals surface area contributed by atoms with Crippen molar-refractivity contribution in [3.8, 4) is 0 Å². The topological polar surface area (TPSA) is 18.5 Å². The molecule has 3 atom stereocenters. The lowest BCUT2D eigenvalue weighted by molar-refractivity contribution is 0.0110. The summed E-state index contributed by atoms with van der Waals surface area (Å²) in [6.07, 6.45) is 5.50. The molecule has 100 valence electrons. The van der Waals surface area contributed by atoms with Crippen LogP contribution in [-0.2, 0) is 0 Å². The third kappa shape index (κ3) is 3.21. The maximum atomic E-state index is 3.44. The molecule has 0 bridgehead atoms. The SMILES string of the molecule is CCC(CN1CC2CCCCN2CC1C)NC. The Morgan fingerprint density at radius 1 is 1.29 bits per heavy atom. The molecule has 0 aromatic carbocycles. The van der Waals surface area contributed by atoms with E-state index in [-0.39, 0.29) is 0 Å². The molecule has 0 aromatic heterocycles. The zero-order chi connectivity index (χ0) is 12.3. The third-order valence-electron chi connectivity index (χ3n) is 4.67. The number of piperidine rings is 1. The molecule has 3 heteroatoms. The second-order valence-electron chi connectivity index (χ2n) is 5.84. The highest BCUT2D eigenvalue weighted by atomic mass is 15.3. The Labute approximate surface area is 107 Å². The van der Waals surface area contributed by atoms with E-state index in [1.54, 1.807) is 0 Å². The Hall–Kier alpha value is -0.120. The van der Waals surface area contributed by atoms with E-state index in [2.05, 4.69) is 36.0 Å². The molecule has 0 saturated carbocycles. The van der Waals surface area contributed by atoms with Crippen molar-refractivity contribution < 1.29 is 0 Å². The van der Waals surface area contributed by atoms with Gasteiger partial charge in [0, 0.05) is 37.8 Å². The van der Waals surface area contributed by atoms with E-state index in [1.165, 1.54) is 51.9 Å². The summed E-state index contributed by atoms with van der Waals surface area (Å²) >= 11 is 0. The van der Waals surface area contributed by atoms with Gasteiger partial charge in [0.2, 0.25) is 0 Å². The summed E-state index contributed by atoms with van der Waals surface area (Å²) in [5.41, 5.74) is 0. The lowest BCUT2D eigenvalue weighted by Crippen LogP contribution is -2.60. The first-order valence-corrected chi connectivity index (χ1v) is 7.40. The van der Waals surface area contributed by atoms with Gasteiger partial charge >= 0.3 is 0 Å². The van der Waals surface area contributed by atoms with Gasteiger partial charge in [0.05, 0.1) is 0 Å². The van der Waals surface area contributed by atoms with E-state index in [0.717, 1.165) is 12.1 Å². The van der Waals surface area contributed by atoms with Gasteiger partial charge < -0.3 is 5.32 Å². The molecule has 2 aliphatic heterocycles. The number of nitrogens with zero attached hydrogens (tertiary/aromatic N) is 2. The number of likely N-dealkylation sites (N-methyl/N-ethyl adjacent to an activating group) is 1. The van der Waals surface area contributed by atoms with Crippen LogP contribution >= 0.6 is 0 Å². The van der Waals surface area contributed by atoms with Crippen LogP contribution < -0.4 is 5.32 Å². The minimum Gasteiger partial charge on any atom is -0.316 e. The van der Waals surface area contributed by atoms with Crippen molar-refractivity contribution in [2.75, 3.05) is 33.2 Å². The Balaban J connectivity index is 1.90. The van der Waals surface area contributed by atoms with Crippen molar-refractivity contribution in [2.45, 2.75) is 57.7 Å². The Morgan fingerprint density at radius 3 is 2.82 bits per heavy atom. The van der Waals surface area contributed by atoms with Gasteiger partial charge in [-0.05, 0) is 39.8 Å². The summed E-state index contributed by atoms with van der Waals surface area (Å²) in [4.78, 5) is 5.43. The average molecular weight is 239 g/mol. The molecular weight excluding hydrogens is 210 g/mol. The van der Waals surface area contributed by atoms with E-state index < -0.39 is 0 Å². The fourth-order valence-electron chi connectivity index (χ4n) is 3.37. The number of hydrogen-bond acceptors (Lipinski definition) is 3. The maximum Gasteiger partial charge on any atom is 0.0223 e. The number of rotatable bonds is 4. The first-order valence-electron chi connectivity index (χ1n) is 7.40. The molecule has 0 radical (unpaired) electrons. The first-order chi connectivity index (χ1) is 8.24. The molecule has 2 fully saturated rings. The second kappa shape index (κ2) is 6.17. The summed E-state index contributed by atoms with van der Waals surface area (Å²) in [7, 11) is 2.09. The van der Waals surface area contributed by atoms with Crippen molar-refractivity contribution in [1.29, 1.82) is 0 Å². The fraction of sp³-hybridized carbons (Fsp3) is 1.00. The molecule has 3 nitrogen and oxygen atoms in total. The molecule has 1 N–H and O–H groups in total. The predicted octanol–water partition coefficient (Wildman–Crippen LogP) is 1.54. The summed E-state index contributed by atoms with van der Waals surface area (Å²) in [5, 5.41) is 3.44. The van der Waals surface area contributed by atoms with E-state index in [9.17, 15) is 0 Å². The summed E-state index contributed by atoms with van der Waals surface area (Å²) in [6, 6.07) is 2.23. The molecule has 0 spiro atoms.